The fourth-order valence-corrected chi connectivity index (χ4v) is 2.26. The molecule has 0 saturated carbocycles. The fourth-order valence-electron chi connectivity index (χ4n) is 2.26. The number of nitrogens with one attached hydrogen (secondary N) is 1. The summed E-state index contributed by atoms with van der Waals surface area (Å²) in [4.78, 5) is 25.6. The summed E-state index contributed by atoms with van der Waals surface area (Å²) in [5.74, 6) is -0.127. The van der Waals surface area contributed by atoms with E-state index in [1.54, 1.807) is 0 Å². The Hall–Kier alpha value is -1.10. The topological polar surface area (TPSA) is 58.6 Å². The molecule has 0 bridgehead atoms. The summed E-state index contributed by atoms with van der Waals surface area (Å²) in [5.41, 5.74) is -0.453. The maximum absolute atomic E-state index is 12.1. The quantitative estimate of drug-likeness (QED) is 0.765. The van der Waals surface area contributed by atoms with Crippen LogP contribution in [0.15, 0.2) is 0 Å². The number of esters is 1. The van der Waals surface area contributed by atoms with E-state index in [1.165, 1.54) is 0 Å². The Balaban J connectivity index is 2.45. The van der Waals surface area contributed by atoms with Gasteiger partial charge in [0.25, 0.3) is 0 Å². The van der Waals surface area contributed by atoms with Crippen LogP contribution in [0.3, 0.4) is 0 Å². The molecule has 5 nitrogen and oxygen atoms in total. The van der Waals surface area contributed by atoms with E-state index in [0.717, 1.165) is 19.4 Å². The van der Waals surface area contributed by atoms with Crippen LogP contribution >= 0.6 is 0 Å². The Morgan fingerprint density at radius 1 is 1.37 bits per heavy atom. The predicted molar refractivity (Wildman–Crippen MR) is 73.7 cm³/mol. The maximum atomic E-state index is 12.1. The normalized spacial score (nSPS) is 20.3. The van der Waals surface area contributed by atoms with Crippen LogP contribution in [0.2, 0.25) is 0 Å². The van der Waals surface area contributed by atoms with Crippen LogP contribution in [0.4, 0.5) is 0 Å². The Labute approximate surface area is 115 Å². The number of likely N-dealkylation sites (tertiary alicyclic amines) is 1. The SMILES string of the molecule is CCNC(=O)CCN1CCC[C@@H]1C(=O)OC(C)(C)C. The van der Waals surface area contributed by atoms with E-state index in [9.17, 15) is 9.59 Å². The van der Waals surface area contributed by atoms with Crippen molar-refractivity contribution in [2.24, 2.45) is 0 Å². The minimum absolute atomic E-state index is 0.0392. The summed E-state index contributed by atoms with van der Waals surface area (Å²) in [6.45, 7) is 9.65. The zero-order chi connectivity index (χ0) is 14.5. The molecule has 1 rings (SSSR count). The van der Waals surface area contributed by atoms with Gasteiger partial charge in [-0.3, -0.25) is 14.5 Å². The minimum atomic E-state index is -0.453. The maximum Gasteiger partial charge on any atom is 0.323 e. The third-order valence-electron chi connectivity index (χ3n) is 3.04. The van der Waals surface area contributed by atoms with Gasteiger partial charge in [-0.05, 0) is 47.1 Å². The number of nitrogens with zero attached hydrogens (tertiary/aromatic N) is 1. The molecule has 1 saturated heterocycles. The van der Waals surface area contributed by atoms with Crippen LogP contribution < -0.4 is 5.32 Å². The molecule has 5 heteroatoms. The van der Waals surface area contributed by atoms with Crippen molar-refractivity contribution >= 4 is 11.9 Å². The highest BCUT2D eigenvalue weighted by molar-refractivity contribution is 5.77. The molecule has 0 radical (unpaired) electrons. The lowest BCUT2D eigenvalue weighted by Gasteiger charge is -2.27. The van der Waals surface area contributed by atoms with Gasteiger partial charge in [0.15, 0.2) is 0 Å². The summed E-state index contributed by atoms with van der Waals surface area (Å²) in [5, 5.41) is 2.77. The number of hydrogen-bond acceptors (Lipinski definition) is 4. The second kappa shape index (κ2) is 6.89. The summed E-state index contributed by atoms with van der Waals surface area (Å²) in [6, 6.07) is -0.186. The first-order valence-electron chi connectivity index (χ1n) is 7.07. The van der Waals surface area contributed by atoms with Crippen molar-refractivity contribution in [3.05, 3.63) is 0 Å². The van der Waals surface area contributed by atoms with E-state index in [-0.39, 0.29) is 17.9 Å². The number of amides is 1. The van der Waals surface area contributed by atoms with E-state index in [0.29, 0.717) is 19.5 Å². The first kappa shape index (κ1) is 16.0. The molecular formula is C14H26N2O3. The van der Waals surface area contributed by atoms with Gasteiger partial charge in [0.2, 0.25) is 5.91 Å². The summed E-state index contributed by atoms with van der Waals surface area (Å²) < 4.78 is 5.43. The largest absolute Gasteiger partial charge is 0.459 e. The molecule has 1 amide bonds. The standard InChI is InChI=1S/C14H26N2O3/c1-5-15-12(17)8-10-16-9-6-7-11(16)13(18)19-14(2,3)4/h11H,5-10H2,1-4H3,(H,15,17)/t11-/m1/s1. The summed E-state index contributed by atoms with van der Waals surface area (Å²) in [7, 11) is 0. The monoisotopic (exact) mass is 270 g/mol. The zero-order valence-electron chi connectivity index (χ0n) is 12.5. The molecule has 1 N–H and O–H groups in total. The van der Waals surface area contributed by atoms with Gasteiger partial charge in [0.05, 0.1) is 0 Å². The fraction of sp³-hybridized carbons (Fsp3) is 0.857. The van der Waals surface area contributed by atoms with Crippen molar-refractivity contribution in [2.75, 3.05) is 19.6 Å². The van der Waals surface area contributed by atoms with E-state index >= 15 is 0 Å². The molecule has 1 atom stereocenters. The number of carbonyl (C=O) groups excluding carboxylic acids is 2. The lowest BCUT2D eigenvalue weighted by atomic mass is 10.1. The van der Waals surface area contributed by atoms with Crippen molar-refractivity contribution in [1.82, 2.24) is 10.2 Å². The van der Waals surface area contributed by atoms with Gasteiger partial charge in [-0.25, -0.2) is 0 Å². The number of hydrogen-bond donors (Lipinski definition) is 1. The van der Waals surface area contributed by atoms with Gasteiger partial charge in [0.1, 0.15) is 11.6 Å². The molecule has 0 aromatic rings. The Morgan fingerprint density at radius 3 is 2.63 bits per heavy atom. The van der Waals surface area contributed by atoms with Crippen molar-refractivity contribution in [2.45, 2.75) is 58.6 Å². The van der Waals surface area contributed by atoms with E-state index in [4.69, 9.17) is 4.74 Å². The molecule has 0 unspecified atom stereocenters. The van der Waals surface area contributed by atoms with Crippen molar-refractivity contribution in [1.29, 1.82) is 0 Å². The van der Waals surface area contributed by atoms with Crippen LogP contribution in [-0.2, 0) is 14.3 Å². The highest BCUT2D eigenvalue weighted by Crippen LogP contribution is 2.21. The molecule has 0 aromatic heterocycles. The second-order valence-electron chi connectivity index (χ2n) is 5.93. The third kappa shape index (κ3) is 5.59. The molecule has 1 aliphatic rings. The average molecular weight is 270 g/mol. The number of carbonyl (C=O) groups is 2. The lowest BCUT2D eigenvalue weighted by Crippen LogP contribution is -2.42. The summed E-state index contributed by atoms with van der Waals surface area (Å²) >= 11 is 0. The van der Waals surface area contributed by atoms with Gasteiger partial charge < -0.3 is 10.1 Å². The molecular weight excluding hydrogens is 244 g/mol. The van der Waals surface area contributed by atoms with Crippen LogP contribution in [0.5, 0.6) is 0 Å². The molecule has 0 spiro atoms. The Kier molecular flexibility index (Phi) is 5.79. The van der Waals surface area contributed by atoms with E-state index in [1.807, 2.05) is 27.7 Å². The Bertz CT molecular complexity index is 323. The van der Waals surface area contributed by atoms with Crippen molar-refractivity contribution in [3.63, 3.8) is 0 Å². The Morgan fingerprint density at radius 2 is 2.05 bits per heavy atom. The van der Waals surface area contributed by atoms with Gasteiger partial charge in [-0.1, -0.05) is 0 Å². The number of ether oxygens (including phenoxy) is 1. The molecule has 1 fully saturated rings. The van der Waals surface area contributed by atoms with Crippen LogP contribution in [0.1, 0.15) is 47.0 Å². The first-order chi connectivity index (χ1) is 8.83. The second-order valence-corrected chi connectivity index (χ2v) is 5.93. The van der Waals surface area contributed by atoms with Crippen molar-refractivity contribution < 1.29 is 14.3 Å². The van der Waals surface area contributed by atoms with Gasteiger partial charge >= 0.3 is 5.97 Å². The molecule has 0 aliphatic carbocycles. The molecule has 1 aliphatic heterocycles. The minimum Gasteiger partial charge on any atom is -0.459 e. The summed E-state index contributed by atoms with van der Waals surface area (Å²) in [6.07, 6.45) is 2.25. The molecule has 110 valence electrons. The molecule has 0 aromatic carbocycles. The van der Waals surface area contributed by atoms with Crippen molar-refractivity contribution in [3.8, 4) is 0 Å². The molecule has 1 heterocycles. The lowest BCUT2D eigenvalue weighted by molar-refractivity contribution is -0.160. The third-order valence-corrected chi connectivity index (χ3v) is 3.04. The highest BCUT2D eigenvalue weighted by Gasteiger charge is 2.33. The van der Waals surface area contributed by atoms with E-state index < -0.39 is 5.60 Å². The highest BCUT2D eigenvalue weighted by atomic mass is 16.6. The van der Waals surface area contributed by atoms with Crippen LogP contribution in [0.25, 0.3) is 0 Å². The predicted octanol–water partition coefficient (Wildman–Crippen LogP) is 1.32. The van der Waals surface area contributed by atoms with Crippen LogP contribution in [0, 0.1) is 0 Å². The first-order valence-corrected chi connectivity index (χ1v) is 7.07. The van der Waals surface area contributed by atoms with Gasteiger partial charge in [0, 0.05) is 19.5 Å². The van der Waals surface area contributed by atoms with Crippen LogP contribution in [-0.4, -0.2) is 48.1 Å². The van der Waals surface area contributed by atoms with E-state index in [2.05, 4.69) is 10.2 Å². The molecule has 19 heavy (non-hydrogen) atoms. The zero-order valence-corrected chi connectivity index (χ0v) is 12.5. The average Bonchev–Trinajstić information content (AvgIpc) is 2.72. The van der Waals surface area contributed by atoms with Gasteiger partial charge in [-0.2, -0.15) is 0 Å². The van der Waals surface area contributed by atoms with Gasteiger partial charge in [-0.15, -0.1) is 0 Å². The smallest absolute Gasteiger partial charge is 0.323 e. The number of rotatable bonds is 5.